The Bertz CT molecular complexity index is 928. The van der Waals surface area contributed by atoms with Crippen LogP contribution >= 0.6 is 11.3 Å². The van der Waals surface area contributed by atoms with Crippen molar-refractivity contribution in [3.05, 3.63) is 47.3 Å². The minimum atomic E-state index is -0.679. The third-order valence-corrected chi connectivity index (χ3v) is 8.59. The molecule has 0 radical (unpaired) electrons. The Morgan fingerprint density at radius 2 is 1.83 bits per heavy atom. The summed E-state index contributed by atoms with van der Waals surface area (Å²) in [6, 6.07) is 12.5. The first-order chi connectivity index (χ1) is 14.6. The molecule has 2 saturated carbocycles. The summed E-state index contributed by atoms with van der Waals surface area (Å²) in [7, 11) is 0. The number of nitrogens with two attached hydrogens (primary N) is 1. The molecule has 2 N–H and O–H groups in total. The van der Waals surface area contributed by atoms with E-state index in [1.165, 1.54) is 36.1 Å². The van der Waals surface area contributed by atoms with Gasteiger partial charge in [-0.3, -0.25) is 9.59 Å². The Kier molecular flexibility index (Phi) is 5.18. The molecule has 1 saturated heterocycles. The zero-order chi connectivity index (χ0) is 20.7. The lowest BCUT2D eigenvalue weighted by atomic mass is 9.73. The zero-order valence-corrected chi connectivity index (χ0v) is 18.2. The maximum Gasteiger partial charge on any atom is 0.226 e. The summed E-state index contributed by atoms with van der Waals surface area (Å²) >= 11 is 1.71. The number of thiophene rings is 1. The number of benzene rings is 1. The molecule has 1 aromatic heterocycles. The van der Waals surface area contributed by atoms with Gasteiger partial charge in [0.15, 0.2) is 0 Å². The molecule has 3 atom stereocenters. The van der Waals surface area contributed by atoms with Gasteiger partial charge in [-0.05, 0) is 66.5 Å². The van der Waals surface area contributed by atoms with Gasteiger partial charge in [0.1, 0.15) is 0 Å². The van der Waals surface area contributed by atoms with Crippen LogP contribution in [-0.2, 0) is 16.0 Å². The Morgan fingerprint density at radius 1 is 1.07 bits per heavy atom. The van der Waals surface area contributed by atoms with Crippen LogP contribution in [-0.4, -0.2) is 29.8 Å². The standard InChI is InChI=1S/C25H30N2O2S/c26-24(29)25(15-17-7-1-2-8-18(17)21-11-5-14-30-21)12-6-13-27(16-25)23(28)22-19-9-3-4-10-20(19)22/h1-2,5,7-8,11,14,19-20,22H,3-4,6,9-10,12-13,15-16H2,(H2,26,29)/t19-,20-,25+/m1/s1. The molecule has 2 heterocycles. The predicted octanol–water partition coefficient (Wildman–Crippen LogP) is 4.49. The minimum absolute atomic E-state index is 0.203. The summed E-state index contributed by atoms with van der Waals surface area (Å²) in [4.78, 5) is 29.3. The second-order valence-electron chi connectivity index (χ2n) is 9.46. The molecule has 1 aromatic carbocycles. The van der Waals surface area contributed by atoms with Crippen molar-refractivity contribution in [2.24, 2.45) is 28.9 Å². The average Bonchev–Trinajstić information content (AvgIpc) is 3.23. The molecule has 0 unspecified atom stereocenters. The molecule has 2 amide bonds. The largest absolute Gasteiger partial charge is 0.369 e. The van der Waals surface area contributed by atoms with Gasteiger partial charge in [-0.15, -0.1) is 11.3 Å². The van der Waals surface area contributed by atoms with Crippen molar-refractivity contribution in [3.63, 3.8) is 0 Å². The van der Waals surface area contributed by atoms with Crippen LogP contribution in [0, 0.1) is 23.2 Å². The summed E-state index contributed by atoms with van der Waals surface area (Å²) in [6.45, 7) is 1.23. The number of rotatable bonds is 5. The highest BCUT2D eigenvalue weighted by Gasteiger charge is 2.56. The SMILES string of the molecule is NC(=O)[C@]1(Cc2ccccc2-c2cccs2)CCCN(C(=O)C2[C@@H]3CCCC[C@@H]23)C1. The van der Waals surface area contributed by atoms with Gasteiger partial charge in [0, 0.05) is 23.9 Å². The van der Waals surface area contributed by atoms with Crippen molar-refractivity contribution in [1.29, 1.82) is 0 Å². The maximum atomic E-state index is 13.3. The third kappa shape index (κ3) is 3.47. The van der Waals surface area contributed by atoms with E-state index >= 15 is 0 Å². The molecular formula is C25H30N2O2S. The fourth-order valence-electron chi connectivity index (χ4n) is 6.03. The van der Waals surface area contributed by atoms with Crippen molar-refractivity contribution in [3.8, 4) is 10.4 Å². The van der Waals surface area contributed by atoms with Crippen molar-refractivity contribution in [1.82, 2.24) is 4.90 Å². The number of fused-ring (bicyclic) bond motifs is 1. The monoisotopic (exact) mass is 422 g/mol. The number of hydrogen-bond acceptors (Lipinski definition) is 3. The second kappa shape index (κ2) is 7.84. The van der Waals surface area contributed by atoms with Gasteiger partial charge in [0.25, 0.3) is 0 Å². The topological polar surface area (TPSA) is 63.4 Å². The number of carbonyl (C=O) groups is 2. The molecule has 2 aliphatic carbocycles. The number of hydrogen-bond donors (Lipinski definition) is 1. The quantitative estimate of drug-likeness (QED) is 0.772. The molecule has 5 rings (SSSR count). The van der Waals surface area contributed by atoms with Crippen LogP contribution in [0.4, 0.5) is 0 Å². The summed E-state index contributed by atoms with van der Waals surface area (Å²) in [5, 5.41) is 2.08. The van der Waals surface area contributed by atoms with E-state index in [-0.39, 0.29) is 17.7 Å². The van der Waals surface area contributed by atoms with Crippen LogP contribution < -0.4 is 5.73 Å². The Balaban J connectivity index is 1.39. The molecule has 2 aromatic rings. The molecule has 0 spiro atoms. The molecule has 30 heavy (non-hydrogen) atoms. The lowest BCUT2D eigenvalue weighted by Crippen LogP contribution is -2.53. The van der Waals surface area contributed by atoms with E-state index in [0.29, 0.717) is 24.8 Å². The molecule has 3 aliphatic rings. The maximum absolute atomic E-state index is 13.3. The number of amides is 2. The van der Waals surface area contributed by atoms with E-state index in [9.17, 15) is 9.59 Å². The van der Waals surface area contributed by atoms with E-state index < -0.39 is 5.41 Å². The number of nitrogens with zero attached hydrogens (tertiary/aromatic N) is 1. The number of piperidine rings is 1. The van der Waals surface area contributed by atoms with Crippen LogP contribution in [0.5, 0.6) is 0 Å². The smallest absolute Gasteiger partial charge is 0.226 e. The lowest BCUT2D eigenvalue weighted by Gasteiger charge is -2.41. The van der Waals surface area contributed by atoms with E-state index in [4.69, 9.17) is 5.73 Å². The molecule has 158 valence electrons. The lowest BCUT2D eigenvalue weighted by molar-refractivity contribution is -0.141. The molecule has 3 fully saturated rings. The van der Waals surface area contributed by atoms with Crippen molar-refractivity contribution < 1.29 is 9.59 Å². The van der Waals surface area contributed by atoms with Crippen LogP contribution in [0.15, 0.2) is 41.8 Å². The molecule has 0 bridgehead atoms. The third-order valence-electron chi connectivity index (χ3n) is 7.69. The number of likely N-dealkylation sites (tertiary alicyclic amines) is 1. The van der Waals surface area contributed by atoms with Gasteiger partial charge in [-0.25, -0.2) is 0 Å². The first-order valence-corrected chi connectivity index (χ1v) is 12.2. The summed E-state index contributed by atoms with van der Waals surface area (Å²) in [5.41, 5.74) is 7.65. The van der Waals surface area contributed by atoms with Crippen LogP contribution in [0.1, 0.15) is 44.1 Å². The highest BCUT2D eigenvalue weighted by Crippen LogP contribution is 2.56. The fourth-order valence-corrected chi connectivity index (χ4v) is 6.82. The Morgan fingerprint density at radius 3 is 2.53 bits per heavy atom. The van der Waals surface area contributed by atoms with Crippen LogP contribution in [0.25, 0.3) is 10.4 Å². The normalized spacial score (nSPS) is 30.5. The summed E-state index contributed by atoms with van der Waals surface area (Å²) < 4.78 is 0. The van der Waals surface area contributed by atoms with Gasteiger partial charge >= 0.3 is 0 Å². The van der Waals surface area contributed by atoms with E-state index in [1.54, 1.807) is 11.3 Å². The summed E-state index contributed by atoms with van der Waals surface area (Å²) in [5.74, 6) is 1.40. The van der Waals surface area contributed by atoms with E-state index in [0.717, 1.165) is 24.9 Å². The number of primary amides is 1. The molecule has 5 heteroatoms. The van der Waals surface area contributed by atoms with Gasteiger partial charge in [0.2, 0.25) is 11.8 Å². The molecular weight excluding hydrogens is 392 g/mol. The summed E-state index contributed by atoms with van der Waals surface area (Å²) in [6.07, 6.45) is 7.11. The van der Waals surface area contributed by atoms with Crippen LogP contribution in [0.2, 0.25) is 0 Å². The van der Waals surface area contributed by atoms with Crippen molar-refractivity contribution in [2.75, 3.05) is 13.1 Å². The highest BCUT2D eigenvalue weighted by atomic mass is 32.1. The first kappa shape index (κ1) is 19.8. The number of carbonyl (C=O) groups excluding carboxylic acids is 2. The second-order valence-corrected chi connectivity index (χ2v) is 10.4. The average molecular weight is 423 g/mol. The first-order valence-electron chi connectivity index (χ1n) is 11.3. The highest BCUT2D eigenvalue weighted by molar-refractivity contribution is 7.13. The van der Waals surface area contributed by atoms with Gasteiger partial charge in [-0.2, -0.15) is 0 Å². The Labute approximate surface area is 182 Å². The van der Waals surface area contributed by atoms with Gasteiger partial charge < -0.3 is 10.6 Å². The minimum Gasteiger partial charge on any atom is -0.369 e. The Hall–Kier alpha value is -2.14. The van der Waals surface area contributed by atoms with Crippen molar-refractivity contribution >= 4 is 23.2 Å². The van der Waals surface area contributed by atoms with Crippen LogP contribution in [0.3, 0.4) is 0 Å². The predicted molar refractivity (Wildman–Crippen MR) is 120 cm³/mol. The van der Waals surface area contributed by atoms with E-state index in [2.05, 4.69) is 29.6 Å². The molecule has 1 aliphatic heterocycles. The van der Waals surface area contributed by atoms with Gasteiger partial charge in [0.05, 0.1) is 5.41 Å². The molecule has 4 nitrogen and oxygen atoms in total. The van der Waals surface area contributed by atoms with E-state index in [1.807, 2.05) is 17.0 Å². The van der Waals surface area contributed by atoms with Crippen molar-refractivity contribution in [2.45, 2.75) is 44.9 Å². The van der Waals surface area contributed by atoms with Gasteiger partial charge in [-0.1, -0.05) is 43.2 Å². The zero-order valence-electron chi connectivity index (χ0n) is 17.4. The fraction of sp³-hybridized carbons (Fsp3) is 0.520.